The maximum atomic E-state index is 11.5. The molecule has 1 unspecified atom stereocenters. The number of fused-ring (bicyclic) bond motifs is 1. The Balaban J connectivity index is 1.59. The minimum atomic E-state index is -0.909. The second-order valence-corrected chi connectivity index (χ2v) is 6.98. The van der Waals surface area contributed by atoms with Gasteiger partial charge < -0.3 is 10.4 Å². The first-order valence-electron chi connectivity index (χ1n) is 9.57. The van der Waals surface area contributed by atoms with E-state index in [0.717, 1.165) is 30.4 Å². The third-order valence-electron chi connectivity index (χ3n) is 5.08. The van der Waals surface area contributed by atoms with Gasteiger partial charge in [0.1, 0.15) is 6.17 Å². The molecule has 0 saturated heterocycles. The number of carbonyl (C=O) groups is 1. The molecule has 0 amide bonds. The minimum absolute atomic E-state index is 0.100. The monoisotopic (exact) mass is 373 g/mol. The number of carboxylic acid groups (broad SMARTS) is 1. The topological polar surface area (TPSA) is 64.9 Å². The average Bonchev–Trinajstić information content (AvgIpc) is 3.06. The van der Waals surface area contributed by atoms with E-state index in [2.05, 4.69) is 40.6 Å². The third kappa shape index (κ3) is 3.43. The smallest absolute Gasteiger partial charge is 0.336 e. The van der Waals surface area contributed by atoms with Crippen LogP contribution in [0.3, 0.4) is 0 Å². The van der Waals surface area contributed by atoms with Gasteiger partial charge in [0.05, 0.1) is 11.3 Å². The van der Waals surface area contributed by atoms with Crippen LogP contribution in [0.1, 0.15) is 35.7 Å². The molecule has 2 N–H and O–H groups in total. The predicted octanol–water partition coefficient (Wildman–Crippen LogP) is 4.39. The van der Waals surface area contributed by atoms with Crippen molar-refractivity contribution >= 4 is 12.2 Å². The first kappa shape index (κ1) is 18.0. The van der Waals surface area contributed by atoms with Crippen LogP contribution in [-0.4, -0.2) is 28.5 Å². The Kier molecular flexibility index (Phi) is 4.98. The fraction of sp³-hybridized carbons (Fsp3) is 0.217. The molecule has 0 bridgehead atoms. The molecule has 2 aromatic carbocycles. The summed E-state index contributed by atoms with van der Waals surface area (Å²) in [5.41, 5.74) is 5.59. The molecule has 5 nitrogen and oxygen atoms in total. The van der Waals surface area contributed by atoms with Crippen LogP contribution in [0, 0.1) is 0 Å². The van der Waals surface area contributed by atoms with Gasteiger partial charge in [-0.15, -0.1) is 0 Å². The minimum Gasteiger partial charge on any atom is -0.478 e. The van der Waals surface area contributed by atoms with Gasteiger partial charge in [-0.05, 0) is 41.3 Å². The zero-order chi connectivity index (χ0) is 19.5. The Morgan fingerprint density at radius 1 is 1.18 bits per heavy atom. The number of hydrogen-bond donors (Lipinski definition) is 2. The predicted molar refractivity (Wildman–Crippen MR) is 111 cm³/mol. The summed E-state index contributed by atoms with van der Waals surface area (Å²) in [6.45, 7) is 2.18. The Labute approximate surface area is 164 Å². The van der Waals surface area contributed by atoms with Crippen LogP contribution >= 0.6 is 0 Å². The lowest BCUT2D eigenvalue weighted by atomic mass is 9.97. The molecule has 28 heavy (non-hydrogen) atoms. The van der Waals surface area contributed by atoms with E-state index in [9.17, 15) is 9.90 Å². The van der Waals surface area contributed by atoms with Crippen molar-refractivity contribution in [3.05, 3.63) is 83.2 Å². The lowest BCUT2D eigenvalue weighted by Crippen LogP contribution is -2.34. The zero-order valence-electron chi connectivity index (χ0n) is 15.8. The van der Waals surface area contributed by atoms with Gasteiger partial charge in [-0.2, -0.15) is 5.10 Å². The van der Waals surface area contributed by atoms with Gasteiger partial charge >= 0.3 is 5.97 Å². The Bertz CT molecular complexity index is 974. The Morgan fingerprint density at radius 2 is 1.96 bits per heavy atom. The van der Waals surface area contributed by atoms with E-state index in [4.69, 9.17) is 0 Å². The van der Waals surface area contributed by atoms with Gasteiger partial charge in [-0.25, -0.2) is 9.80 Å². The highest BCUT2D eigenvalue weighted by molar-refractivity contribution is 5.96. The summed E-state index contributed by atoms with van der Waals surface area (Å²) >= 11 is 0. The Morgan fingerprint density at radius 3 is 2.71 bits per heavy atom. The molecule has 0 spiro atoms. The van der Waals surface area contributed by atoms with Crippen LogP contribution in [0.5, 0.6) is 0 Å². The number of nitrogens with one attached hydrogen (secondary N) is 1. The first-order chi connectivity index (χ1) is 13.7. The van der Waals surface area contributed by atoms with Crippen LogP contribution in [0.4, 0.5) is 0 Å². The molecule has 142 valence electrons. The van der Waals surface area contributed by atoms with Crippen LogP contribution in [0.2, 0.25) is 0 Å². The van der Waals surface area contributed by atoms with Crippen LogP contribution in [0.15, 0.2) is 77.2 Å². The van der Waals surface area contributed by atoms with E-state index in [0.29, 0.717) is 5.56 Å². The molecular weight excluding hydrogens is 350 g/mol. The van der Waals surface area contributed by atoms with Gasteiger partial charge in [-0.3, -0.25) is 0 Å². The largest absolute Gasteiger partial charge is 0.478 e. The van der Waals surface area contributed by atoms with E-state index in [1.54, 1.807) is 12.1 Å². The maximum Gasteiger partial charge on any atom is 0.336 e. The SMILES string of the molecule is CCCC1=C(Cc2ccc(-c3ccccc3C(=O)O)cc2)N2N=CC=CC2N1. The summed E-state index contributed by atoms with van der Waals surface area (Å²) in [4.78, 5) is 11.5. The second kappa shape index (κ2) is 7.72. The van der Waals surface area contributed by atoms with Crippen molar-refractivity contribution in [3.8, 4) is 11.1 Å². The molecule has 4 rings (SSSR count). The highest BCUT2D eigenvalue weighted by atomic mass is 16.4. The maximum absolute atomic E-state index is 11.5. The number of carboxylic acids is 1. The molecule has 0 aliphatic carbocycles. The van der Waals surface area contributed by atoms with Gasteiger partial charge in [0, 0.05) is 18.3 Å². The normalized spacial score (nSPS) is 17.6. The van der Waals surface area contributed by atoms with E-state index >= 15 is 0 Å². The second-order valence-electron chi connectivity index (χ2n) is 6.98. The first-order valence-corrected chi connectivity index (χ1v) is 9.57. The fourth-order valence-corrected chi connectivity index (χ4v) is 3.74. The summed E-state index contributed by atoms with van der Waals surface area (Å²) in [7, 11) is 0. The number of benzene rings is 2. The molecule has 2 heterocycles. The standard InChI is InChI=1S/C23H23N3O2/c1-2-6-20-21(26-22(25-20)9-5-14-24-26)15-16-10-12-17(13-11-16)18-7-3-4-8-19(18)23(27)28/h3-5,7-14,22,25H,2,6,15H2,1H3,(H,27,28). The number of nitrogens with zero attached hydrogens (tertiary/aromatic N) is 2. The lowest BCUT2D eigenvalue weighted by Gasteiger charge is -2.23. The zero-order valence-corrected chi connectivity index (χ0v) is 15.8. The van der Waals surface area contributed by atoms with E-state index in [1.165, 1.54) is 17.0 Å². The summed E-state index contributed by atoms with van der Waals surface area (Å²) in [5, 5.41) is 19.6. The molecular formula is C23H23N3O2. The van der Waals surface area contributed by atoms with E-state index < -0.39 is 5.97 Å². The van der Waals surface area contributed by atoms with Crippen molar-refractivity contribution in [1.29, 1.82) is 0 Å². The molecule has 2 aromatic rings. The number of allylic oxidation sites excluding steroid dienone is 3. The van der Waals surface area contributed by atoms with Crippen molar-refractivity contribution in [3.63, 3.8) is 0 Å². The molecule has 0 saturated carbocycles. The van der Waals surface area contributed by atoms with Gasteiger partial charge in [-0.1, -0.05) is 55.8 Å². The average molecular weight is 373 g/mol. The van der Waals surface area contributed by atoms with Gasteiger partial charge in [0.2, 0.25) is 0 Å². The van der Waals surface area contributed by atoms with Crippen molar-refractivity contribution in [2.75, 3.05) is 0 Å². The summed E-state index contributed by atoms with van der Waals surface area (Å²) < 4.78 is 0. The van der Waals surface area contributed by atoms with Gasteiger partial charge in [0.15, 0.2) is 0 Å². The van der Waals surface area contributed by atoms with E-state index in [-0.39, 0.29) is 6.17 Å². The van der Waals surface area contributed by atoms with Crippen LogP contribution in [0.25, 0.3) is 11.1 Å². The number of aromatic carboxylic acids is 1. The van der Waals surface area contributed by atoms with Gasteiger partial charge in [0.25, 0.3) is 0 Å². The third-order valence-corrected chi connectivity index (χ3v) is 5.08. The van der Waals surface area contributed by atoms with E-state index in [1.807, 2.05) is 36.6 Å². The molecule has 0 fully saturated rings. The van der Waals surface area contributed by atoms with Crippen molar-refractivity contribution in [1.82, 2.24) is 10.3 Å². The van der Waals surface area contributed by atoms with Crippen molar-refractivity contribution in [2.24, 2.45) is 5.10 Å². The van der Waals surface area contributed by atoms with Crippen molar-refractivity contribution in [2.45, 2.75) is 32.4 Å². The highest BCUT2D eigenvalue weighted by Crippen LogP contribution is 2.30. The summed E-state index contributed by atoms with van der Waals surface area (Å²) in [5.74, 6) is -0.909. The molecule has 2 aliphatic heterocycles. The number of rotatable bonds is 6. The quantitative estimate of drug-likeness (QED) is 0.788. The lowest BCUT2D eigenvalue weighted by molar-refractivity contribution is 0.0697. The number of hydrogen-bond acceptors (Lipinski definition) is 4. The molecule has 0 aromatic heterocycles. The molecule has 5 heteroatoms. The van der Waals surface area contributed by atoms with Crippen LogP contribution in [-0.2, 0) is 6.42 Å². The van der Waals surface area contributed by atoms with Crippen LogP contribution < -0.4 is 5.32 Å². The summed E-state index contributed by atoms with van der Waals surface area (Å²) in [6.07, 6.45) is 8.85. The molecule has 0 radical (unpaired) electrons. The number of hydrazone groups is 1. The Hall–Kier alpha value is -3.34. The fourth-order valence-electron chi connectivity index (χ4n) is 3.74. The highest BCUT2D eigenvalue weighted by Gasteiger charge is 2.29. The molecule has 1 atom stereocenters. The van der Waals surface area contributed by atoms with Crippen molar-refractivity contribution < 1.29 is 9.90 Å². The summed E-state index contributed by atoms with van der Waals surface area (Å²) in [6, 6.07) is 15.2. The molecule has 2 aliphatic rings.